The van der Waals surface area contributed by atoms with E-state index in [9.17, 15) is 4.11 Å². The molecule has 2 aliphatic heterocycles. The van der Waals surface area contributed by atoms with E-state index in [0.717, 1.165) is 73.2 Å². The van der Waals surface area contributed by atoms with E-state index in [2.05, 4.69) is 327 Å². The maximum Gasteiger partial charge on any atom is 0.252 e. The van der Waals surface area contributed by atoms with Crippen LogP contribution in [0.5, 0.6) is 0 Å². The van der Waals surface area contributed by atoms with Crippen molar-refractivity contribution in [3.63, 3.8) is 0 Å². The SMILES string of the molecule is [2H]C([2H])([2H])c1cc2c3c(c1)N(c1ccc(C(C)(C)C)cc1-c1ccccc1)c1cc(N(c4ccc(C(C)(C)C)cc4)c4ccc(C(C)(C)C)cc4)ccc1B3c1cc3c(cc1N2c1ccc2c(c1)C(C)(C)c1ccccc1C2(C)C)C(C)(C)c1ccccc1C3(C)C. The van der Waals surface area contributed by atoms with E-state index in [4.69, 9.17) is 0 Å². The first-order chi connectivity index (χ1) is 43.2. The quantitative estimate of drug-likeness (QED) is 0.154. The molecule has 0 fully saturated rings. The average Bonchev–Trinajstić information content (AvgIpc) is 0.684. The number of anilines is 9. The van der Waals surface area contributed by atoms with Gasteiger partial charge in [-0.1, -0.05) is 245 Å². The first-order valence-corrected chi connectivity index (χ1v) is 32.4. The third kappa shape index (κ3) is 9.03. The lowest BCUT2D eigenvalue weighted by molar-refractivity contribution is 0.520. The number of nitrogens with zero attached hydrogens (tertiary/aromatic N) is 3. The van der Waals surface area contributed by atoms with Crippen LogP contribution in [0.4, 0.5) is 51.2 Å². The molecule has 0 amide bonds. The maximum atomic E-state index is 9.59. The zero-order chi connectivity index (χ0) is 65.4. The fourth-order valence-corrected chi connectivity index (χ4v) is 15.9. The van der Waals surface area contributed by atoms with Gasteiger partial charge in [0.1, 0.15) is 0 Å². The molecular weight excluding hydrogens is 1070 g/mol. The van der Waals surface area contributed by atoms with Gasteiger partial charge in [0.05, 0.1) is 5.69 Å². The van der Waals surface area contributed by atoms with E-state index >= 15 is 0 Å². The van der Waals surface area contributed by atoms with E-state index in [1.165, 1.54) is 66.7 Å². The van der Waals surface area contributed by atoms with Crippen molar-refractivity contribution in [3.05, 3.63) is 273 Å². The topological polar surface area (TPSA) is 9.72 Å². The summed E-state index contributed by atoms with van der Waals surface area (Å²) in [6.45, 7) is 36.8. The summed E-state index contributed by atoms with van der Waals surface area (Å²) in [5.41, 5.74) is 27.4. The molecule has 0 bridgehead atoms. The number of fused-ring (bicyclic) bond motifs is 8. The largest absolute Gasteiger partial charge is 0.311 e. The van der Waals surface area contributed by atoms with Crippen LogP contribution in [-0.2, 0) is 37.9 Å². The van der Waals surface area contributed by atoms with E-state index in [1.54, 1.807) is 0 Å². The van der Waals surface area contributed by atoms with E-state index in [1.807, 2.05) is 12.1 Å². The minimum atomic E-state index is -2.48. The number of hydrogen-bond acceptors (Lipinski definition) is 3. The number of benzene rings is 10. The Morgan fingerprint density at radius 3 is 1.30 bits per heavy atom. The van der Waals surface area contributed by atoms with E-state index < -0.39 is 6.85 Å². The van der Waals surface area contributed by atoms with Crippen molar-refractivity contribution in [2.45, 2.75) is 162 Å². The zero-order valence-corrected chi connectivity index (χ0v) is 55.5. The molecule has 0 saturated heterocycles. The highest BCUT2D eigenvalue weighted by Gasteiger charge is 2.49. The summed E-state index contributed by atoms with van der Waals surface area (Å²) in [5, 5.41) is 0. The Bertz CT molecular complexity index is 4560. The molecule has 0 atom stereocenters. The van der Waals surface area contributed by atoms with Gasteiger partial charge in [-0.25, -0.2) is 0 Å². The van der Waals surface area contributed by atoms with E-state index in [-0.39, 0.29) is 50.2 Å². The van der Waals surface area contributed by atoms with Crippen LogP contribution in [0.25, 0.3) is 11.1 Å². The molecule has 0 saturated carbocycles. The van der Waals surface area contributed by atoms with Gasteiger partial charge in [0, 0.05) is 76.8 Å². The van der Waals surface area contributed by atoms with Crippen molar-refractivity contribution < 1.29 is 4.11 Å². The van der Waals surface area contributed by atoms with Crippen LogP contribution in [0.2, 0.25) is 0 Å². The summed E-state index contributed by atoms with van der Waals surface area (Å²) in [6.07, 6.45) is 0. The molecule has 0 N–H and O–H groups in total. The van der Waals surface area contributed by atoms with Crippen molar-refractivity contribution in [3.8, 4) is 11.1 Å². The van der Waals surface area contributed by atoms with Gasteiger partial charge in [-0.15, -0.1) is 0 Å². The van der Waals surface area contributed by atoms with Gasteiger partial charge in [0.2, 0.25) is 0 Å². The molecule has 10 aromatic carbocycles. The Balaban J connectivity index is 1.12. The molecule has 0 radical (unpaired) electrons. The lowest BCUT2D eigenvalue weighted by Crippen LogP contribution is -2.62. The van der Waals surface area contributed by atoms with Crippen molar-refractivity contribution >= 4 is 74.3 Å². The molecule has 0 aromatic heterocycles. The van der Waals surface area contributed by atoms with Gasteiger partial charge < -0.3 is 14.7 Å². The van der Waals surface area contributed by atoms with Gasteiger partial charge in [0.25, 0.3) is 6.71 Å². The third-order valence-corrected chi connectivity index (χ3v) is 21.1. The van der Waals surface area contributed by atoms with Crippen LogP contribution in [0.3, 0.4) is 0 Å². The normalized spacial score (nSPS) is 16.9. The molecule has 10 aromatic rings. The first-order valence-electron chi connectivity index (χ1n) is 33.9. The number of rotatable bonds is 6. The van der Waals surface area contributed by atoms with E-state index in [0.29, 0.717) is 0 Å². The van der Waals surface area contributed by atoms with Crippen LogP contribution in [0.1, 0.15) is 189 Å². The van der Waals surface area contributed by atoms with Gasteiger partial charge in [-0.05, 0) is 191 Å². The Morgan fingerprint density at radius 1 is 0.348 bits per heavy atom. The van der Waals surface area contributed by atoms with Crippen LogP contribution < -0.4 is 31.1 Å². The lowest BCUT2D eigenvalue weighted by atomic mass is 9.33. The lowest BCUT2D eigenvalue weighted by Gasteiger charge is -2.49. The average molecular weight is 1170 g/mol. The summed E-state index contributed by atoms with van der Waals surface area (Å²) in [7, 11) is 0. The smallest absolute Gasteiger partial charge is 0.252 e. The Labute approximate surface area is 536 Å². The van der Waals surface area contributed by atoms with Gasteiger partial charge in [-0.3, -0.25) is 0 Å². The van der Waals surface area contributed by atoms with Crippen molar-refractivity contribution in [2.75, 3.05) is 14.7 Å². The van der Waals surface area contributed by atoms with Crippen LogP contribution in [0.15, 0.2) is 206 Å². The summed E-state index contributed by atoms with van der Waals surface area (Å²) < 4.78 is 28.8. The zero-order valence-electron chi connectivity index (χ0n) is 58.5. The van der Waals surface area contributed by atoms with Gasteiger partial charge in [0.15, 0.2) is 0 Å². The molecule has 89 heavy (non-hydrogen) atoms. The predicted octanol–water partition coefficient (Wildman–Crippen LogP) is 21.0. The Morgan fingerprint density at radius 2 is 0.787 bits per heavy atom. The maximum absolute atomic E-state index is 9.59. The molecule has 2 heterocycles. The molecular formula is C85H88BN3. The first kappa shape index (κ1) is 54.8. The van der Waals surface area contributed by atoms with Crippen LogP contribution >= 0.6 is 0 Å². The molecule has 3 nitrogen and oxygen atoms in total. The van der Waals surface area contributed by atoms with Crippen LogP contribution in [0, 0.1) is 6.85 Å². The molecule has 0 spiro atoms. The highest BCUT2D eigenvalue weighted by Crippen LogP contribution is 2.56. The minimum Gasteiger partial charge on any atom is -0.311 e. The second kappa shape index (κ2) is 19.8. The summed E-state index contributed by atoms with van der Waals surface area (Å²) in [6, 6.07) is 77.5. The number of hydrogen-bond donors (Lipinski definition) is 0. The highest BCUT2D eigenvalue weighted by molar-refractivity contribution is 7.00. The Hall–Kier alpha value is -8.34. The van der Waals surface area contributed by atoms with Crippen molar-refractivity contribution in [2.24, 2.45) is 0 Å². The van der Waals surface area contributed by atoms with Crippen molar-refractivity contribution in [1.29, 1.82) is 0 Å². The highest BCUT2D eigenvalue weighted by atomic mass is 15.2. The molecule has 4 heteroatoms. The van der Waals surface area contributed by atoms with Crippen LogP contribution in [-0.4, -0.2) is 6.71 Å². The molecule has 0 unspecified atom stereocenters. The van der Waals surface area contributed by atoms with Crippen molar-refractivity contribution in [1.82, 2.24) is 0 Å². The molecule has 14 rings (SSSR count). The standard InChI is InChI=1S/C85H88BN3/c1-53-46-76-78-77(47-53)89(73-45-36-57(81(8,9)10)48-62(73)54-26-20-19-21-27-54)74-50-61(87(58-37-32-55(33-38-58)79(2,3)4)59-39-34-56(35-40-59)80(5,6)7)42-44-71(74)86(78)72-51-69-70(85(17,18)66-31-25-24-30-65(66)84(69,15)16)52-75(72)88(76)60-41-43-67-68(49-60)83(13,14)64-29-23-22-28-63(64)82(67,11)12/h19-52H,1-18H3/i1D3. The molecule has 446 valence electrons. The summed E-state index contributed by atoms with van der Waals surface area (Å²) >= 11 is 0. The monoisotopic (exact) mass is 1160 g/mol. The minimum absolute atomic E-state index is 0.0397. The predicted molar refractivity (Wildman–Crippen MR) is 383 cm³/mol. The van der Waals surface area contributed by atoms with Gasteiger partial charge in [-0.2, -0.15) is 0 Å². The molecule has 4 aliphatic rings. The summed E-state index contributed by atoms with van der Waals surface area (Å²) in [5.74, 6) is 0. The fourth-order valence-electron chi connectivity index (χ4n) is 15.9. The molecule has 2 aliphatic carbocycles. The fraction of sp³-hybridized carbons (Fsp3) is 0.294. The Kier molecular flexibility index (Phi) is 12.2. The third-order valence-electron chi connectivity index (χ3n) is 21.1. The number of aryl methyl sites for hydroxylation is 1. The van der Waals surface area contributed by atoms with Gasteiger partial charge >= 0.3 is 0 Å². The summed E-state index contributed by atoms with van der Waals surface area (Å²) in [4.78, 5) is 7.32. The second-order valence-electron chi connectivity index (χ2n) is 31.3. The second-order valence-corrected chi connectivity index (χ2v) is 31.3.